The summed E-state index contributed by atoms with van der Waals surface area (Å²) < 4.78 is 57.7. The first-order valence-electron chi connectivity index (χ1n) is 9.93. The molecule has 15 heteroatoms. The van der Waals surface area contributed by atoms with Gasteiger partial charge in [-0.25, -0.2) is 0 Å². The number of carbonyl (C=O) groups excluding carboxylic acids is 1. The van der Waals surface area contributed by atoms with Crippen LogP contribution in [0.5, 0.6) is 5.75 Å². The molecule has 0 fully saturated rings. The van der Waals surface area contributed by atoms with Crippen LogP contribution in [0.4, 0.5) is 5.69 Å². The van der Waals surface area contributed by atoms with Gasteiger partial charge in [-0.2, -0.15) is 16.8 Å². The van der Waals surface area contributed by atoms with E-state index in [4.69, 9.17) is 30.7 Å². The van der Waals surface area contributed by atoms with Crippen molar-refractivity contribution in [3.05, 3.63) is 59.3 Å². The number of nitrogens with two attached hydrogens (primary N) is 2. The Balaban J connectivity index is 0.000000550. The normalized spacial score (nSPS) is 10.9. The van der Waals surface area contributed by atoms with Crippen LogP contribution in [0.3, 0.4) is 0 Å². The van der Waals surface area contributed by atoms with Crippen molar-refractivity contribution in [3.8, 4) is 5.75 Å². The van der Waals surface area contributed by atoms with Gasteiger partial charge < -0.3 is 21.2 Å². The molecule has 36 heavy (non-hydrogen) atoms. The van der Waals surface area contributed by atoms with E-state index in [0.717, 1.165) is 26.9 Å². The molecule has 0 saturated carbocycles. The lowest BCUT2D eigenvalue weighted by atomic mass is 10.1. The Kier molecular flexibility index (Phi) is 10.4. The van der Waals surface area contributed by atoms with Crippen LogP contribution in [0, 0.1) is 12.3 Å². The number of aryl methyl sites for hydroxylation is 1. The zero-order chi connectivity index (χ0) is 27.8. The molecule has 198 valence electrons. The van der Waals surface area contributed by atoms with Crippen LogP contribution in [0.15, 0.2) is 42.5 Å². The average molecular weight is 544 g/mol. The Hall–Kier alpha value is -3.66. The maximum Gasteiger partial charge on any atom is 0.276 e. The molecule has 0 saturated heterocycles. The van der Waals surface area contributed by atoms with E-state index in [1.807, 2.05) is 43.3 Å². The van der Waals surface area contributed by atoms with Crippen molar-refractivity contribution >= 4 is 48.7 Å². The Morgan fingerprint density at radius 1 is 1.08 bits per heavy atom. The molecule has 0 bridgehead atoms. The molecule has 1 aromatic heterocycles. The highest BCUT2D eigenvalue weighted by atomic mass is 32.2. The van der Waals surface area contributed by atoms with Crippen molar-refractivity contribution in [3.63, 3.8) is 0 Å². The van der Waals surface area contributed by atoms with Gasteiger partial charge in [0.2, 0.25) is 0 Å². The van der Waals surface area contributed by atoms with Gasteiger partial charge >= 0.3 is 0 Å². The molecule has 8 N–H and O–H groups in total. The van der Waals surface area contributed by atoms with Crippen molar-refractivity contribution in [2.24, 2.45) is 5.73 Å². The minimum absolute atomic E-state index is 0.316. The maximum atomic E-state index is 12.4. The second-order valence-corrected chi connectivity index (χ2v) is 10.5. The van der Waals surface area contributed by atoms with Crippen LogP contribution in [0.2, 0.25) is 0 Å². The monoisotopic (exact) mass is 543 g/mol. The smallest absolute Gasteiger partial charge is 0.276 e. The minimum atomic E-state index is -3.67. The third-order valence-electron chi connectivity index (χ3n) is 4.22. The molecule has 0 aliphatic carbocycles. The van der Waals surface area contributed by atoms with Crippen molar-refractivity contribution < 1.29 is 35.5 Å². The summed E-state index contributed by atoms with van der Waals surface area (Å²) in [6.45, 7) is 2.32. The molecular weight excluding hydrogens is 514 g/mol. The summed E-state index contributed by atoms with van der Waals surface area (Å²) in [6.07, 6.45) is 1.43. The summed E-state index contributed by atoms with van der Waals surface area (Å²) >= 11 is 0. The van der Waals surface area contributed by atoms with Gasteiger partial charge in [0.05, 0.1) is 18.0 Å². The number of benzene rings is 2. The summed E-state index contributed by atoms with van der Waals surface area (Å²) in [4.78, 5) is 16.6. The third-order valence-corrected chi connectivity index (χ3v) is 4.22. The number of carbonyl (C=O) groups is 1. The predicted octanol–water partition coefficient (Wildman–Crippen LogP) is 1.61. The van der Waals surface area contributed by atoms with Gasteiger partial charge in [0.1, 0.15) is 18.1 Å². The lowest BCUT2D eigenvalue weighted by molar-refractivity contribution is 0.0864. The maximum absolute atomic E-state index is 12.4. The fourth-order valence-corrected chi connectivity index (χ4v) is 2.70. The van der Waals surface area contributed by atoms with Crippen LogP contribution in [0.1, 0.15) is 21.6 Å². The predicted molar refractivity (Wildman–Crippen MR) is 137 cm³/mol. The molecule has 0 aliphatic heterocycles. The van der Waals surface area contributed by atoms with E-state index in [9.17, 15) is 21.6 Å². The van der Waals surface area contributed by atoms with Crippen molar-refractivity contribution in [2.75, 3.05) is 25.3 Å². The number of ether oxygens (including phenoxy) is 1. The second-order valence-electron chi connectivity index (χ2n) is 7.60. The van der Waals surface area contributed by atoms with Gasteiger partial charge in [0.15, 0.2) is 5.96 Å². The summed E-state index contributed by atoms with van der Waals surface area (Å²) in [6, 6.07) is 13.0. The van der Waals surface area contributed by atoms with E-state index in [1.54, 1.807) is 6.07 Å². The van der Waals surface area contributed by atoms with Gasteiger partial charge in [-0.15, -0.1) is 0 Å². The van der Waals surface area contributed by atoms with Crippen molar-refractivity contribution in [1.29, 1.82) is 5.41 Å². The number of amides is 1. The molecule has 0 spiro atoms. The molecule has 2 aromatic carbocycles. The Morgan fingerprint density at radius 2 is 1.64 bits per heavy atom. The first-order valence-corrected chi connectivity index (χ1v) is 13.6. The quantitative estimate of drug-likeness (QED) is 0.120. The Labute approximate surface area is 209 Å². The number of aromatic nitrogens is 1. The highest BCUT2D eigenvalue weighted by molar-refractivity contribution is 7.85. The van der Waals surface area contributed by atoms with Crippen molar-refractivity contribution in [1.82, 2.24) is 9.88 Å². The number of anilines is 1. The van der Waals surface area contributed by atoms with Gasteiger partial charge in [0.25, 0.3) is 26.1 Å². The Bertz CT molecular complexity index is 1400. The van der Waals surface area contributed by atoms with Gasteiger partial charge in [-0.3, -0.25) is 24.2 Å². The average Bonchev–Trinajstić information content (AvgIpc) is 3.16. The van der Waals surface area contributed by atoms with E-state index in [0.29, 0.717) is 36.2 Å². The molecular formula is C21H29N5O8S2. The molecule has 3 rings (SSSR count). The van der Waals surface area contributed by atoms with E-state index in [-0.39, 0.29) is 11.9 Å². The SMILES string of the molecule is CS(=O)(=O)O.CS(=O)(=O)O.Cc1ccc(OCc2cccc(N)c2)c2[nH]c(C(=O)N(C)C(=N)N)cc12. The van der Waals surface area contributed by atoms with Crippen LogP contribution in [-0.2, 0) is 26.8 Å². The zero-order valence-electron chi connectivity index (χ0n) is 20.0. The molecule has 1 heterocycles. The third kappa shape index (κ3) is 11.2. The van der Waals surface area contributed by atoms with Gasteiger partial charge in [-0.05, 0) is 42.3 Å². The number of aromatic amines is 1. The first-order chi connectivity index (χ1) is 16.4. The zero-order valence-corrected chi connectivity index (χ0v) is 21.6. The molecule has 0 radical (unpaired) electrons. The molecule has 0 unspecified atom stereocenters. The van der Waals surface area contributed by atoms with E-state index in [2.05, 4.69) is 4.98 Å². The number of H-pyrrole nitrogens is 1. The minimum Gasteiger partial charge on any atom is -0.487 e. The Morgan fingerprint density at radius 3 is 2.14 bits per heavy atom. The summed E-state index contributed by atoms with van der Waals surface area (Å²) in [5, 5.41) is 8.30. The fraction of sp³-hybridized carbons (Fsp3) is 0.238. The largest absolute Gasteiger partial charge is 0.487 e. The van der Waals surface area contributed by atoms with Crippen molar-refractivity contribution in [2.45, 2.75) is 13.5 Å². The van der Waals surface area contributed by atoms with E-state index < -0.39 is 20.2 Å². The van der Waals surface area contributed by atoms with E-state index in [1.165, 1.54) is 7.05 Å². The second kappa shape index (κ2) is 12.3. The summed E-state index contributed by atoms with van der Waals surface area (Å²) in [7, 11) is -5.87. The van der Waals surface area contributed by atoms with Gasteiger partial charge in [-0.1, -0.05) is 18.2 Å². The number of nitrogens with one attached hydrogen (secondary N) is 2. The molecule has 13 nitrogen and oxygen atoms in total. The molecule has 0 aliphatic rings. The standard InChI is InChI=1S/C19H21N5O2.2CH4O3S/c1-11-6-7-16(26-10-12-4-3-5-13(20)8-12)17-14(11)9-15(23-17)18(25)24(2)19(21)22;2*1-5(2,3)4/h3-9,23H,10,20H2,1-2H3,(H3,21,22);2*1H3,(H,2,3,4). The lowest BCUT2D eigenvalue weighted by Gasteiger charge is -2.12. The molecule has 1 amide bonds. The first kappa shape index (κ1) is 30.4. The number of nitrogens with zero attached hydrogens (tertiary/aromatic N) is 1. The molecule has 0 atom stereocenters. The number of fused-ring (bicyclic) bond motifs is 1. The van der Waals surface area contributed by atoms with Crippen LogP contribution >= 0.6 is 0 Å². The highest BCUT2D eigenvalue weighted by Crippen LogP contribution is 2.29. The number of rotatable bonds is 4. The number of hydrogen-bond donors (Lipinski definition) is 6. The number of nitrogen functional groups attached to an aromatic ring is 1. The van der Waals surface area contributed by atoms with Crippen LogP contribution in [-0.4, -0.2) is 67.3 Å². The number of hydrogen-bond acceptors (Lipinski definition) is 8. The summed E-state index contributed by atoms with van der Waals surface area (Å²) in [5.74, 6) is -0.0593. The topological polar surface area (TPSA) is 230 Å². The van der Waals surface area contributed by atoms with Gasteiger partial charge in [0, 0.05) is 18.1 Å². The van der Waals surface area contributed by atoms with Crippen LogP contribution in [0.25, 0.3) is 10.9 Å². The number of guanidine groups is 1. The lowest BCUT2D eigenvalue weighted by Crippen LogP contribution is -2.38. The fourth-order valence-electron chi connectivity index (χ4n) is 2.70. The van der Waals surface area contributed by atoms with E-state index >= 15 is 0 Å². The van der Waals surface area contributed by atoms with Crippen LogP contribution < -0.4 is 16.2 Å². The summed E-state index contributed by atoms with van der Waals surface area (Å²) in [5.41, 5.74) is 14.9. The molecule has 3 aromatic rings. The highest BCUT2D eigenvalue weighted by Gasteiger charge is 2.18.